The van der Waals surface area contributed by atoms with Gasteiger partial charge in [-0.2, -0.15) is 0 Å². The van der Waals surface area contributed by atoms with Crippen LogP contribution in [0.3, 0.4) is 0 Å². The van der Waals surface area contributed by atoms with Crippen molar-refractivity contribution in [1.29, 1.82) is 0 Å². The Hall–Kier alpha value is -2.20. The van der Waals surface area contributed by atoms with Gasteiger partial charge in [0.2, 0.25) is 0 Å². The summed E-state index contributed by atoms with van der Waals surface area (Å²) >= 11 is 5.89. The van der Waals surface area contributed by atoms with Gasteiger partial charge in [-0.05, 0) is 42.3 Å². The summed E-state index contributed by atoms with van der Waals surface area (Å²) in [7, 11) is 0. The maximum Gasteiger partial charge on any atom is 0.161 e. The number of halogens is 1. The van der Waals surface area contributed by atoms with Gasteiger partial charge < -0.3 is 14.6 Å². The van der Waals surface area contributed by atoms with Crippen molar-refractivity contribution in [2.24, 2.45) is 4.99 Å². The van der Waals surface area contributed by atoms with Crippen molar-refractivity contribution in [3.63, 3.8) is 0 Å². The van der Waals surface area contributed by atoms with Crippen LogP contribution in [0, 0.1) is 0 Å². The molecule has 0 radical (unpaired) electrons. The van der Waals surface area contributed by atoms with Gasteiger partial charge in [0.15, 0.2) is 11.5 Å². The summed E-state index contributed by atoms with van der Waals surface area (Å²) in [5.41, 5.74) is 1.76. The van der Waals surface area contributed by atoms with E-state index >= 15 is 0 Å². The van der Waals surface area contributed by atoms with Crippen molar-refractivity contribution in [2.45, 2.75) is 6.42 Å². The number of fused-ring (bicyclic) bond motifs is 1. The summed E-state index contributed by atoms with van der Waals surface area (Å²) in [6, 6.07) is 10.8. The predicted octanol–water partition coefficient (Wildman–Crippen LogP) is 3.48. The van der Waals surface area contributed by atoms with Gasteiger partial charge in [-0.3, -0.25) is 4.99 Å². The third-order valence-corrected chi connectivity index (χ3v) is 3.59. The first-order valence-corrected chi connectivity index (χ1v) is 7.47. The normalized spacial score (nSPS) is 13.5. The minimum Gasteiger partial charge on any atom is -0.507 e. The van der Waals surface area contributed by atoms with Crippen LogP contribution >= 0.6 is 11.6 Å². The first-order chi connectivity index (χ1) is 10.7. The average molecular weight is 318 g/mol. The maximum atomic E-state index is 9.70. The van der Waals surface area contributed by atoms with Crippen LogP contribution < -0.4 is 9.47 Å². The Morgan fingerprint density at radius 1 is 1.09 bits per heavy atom. The van der Waals surface area contributed by atoms with E-state index in [2.05, 4.69) is 4.99 Å². The molecular formula is C17H16ClNO3. The molecule has 1 heterocycles. The number of hydrogen-bond acceptors (Lipinski definition) is 4. The number of ether oxygens (including phenoxy) is 2. The van der Waals surface area contributed by atoms with Gasteiger partial charge in [-0.15, -0.1) is 0 Å². The summed E-state index contributed by atoms with van der Waals surface area (Å²) in [4.78, 5) is 4.34. The van der Waals surface area contributed by atoms with E-state index in [-0.39, 0.29) is 5.75 Å². The minimum atomic E-state index is 0.174. The molecule has 1 aliphatic heterocycles. The van der Waals surface area contributed by atoms with Crippen LogP contribution in [0.25, 0.3) is 0 Å². The van der Waals surface area contributed by atoms with Crippen molar-refractivity contribution in [3.8, 4) is 17.2 Å². The fraction of sp³-hybridized carbons (Fsp3) is 0.235. The third kappa shape index (κ3) is 3.52. The average Bonchev–Trinajstić information content (AvgIpc) is 2.54. The molecule has 5 heteroatoms. The first-order valence-electron chi connectivity index (χ1n) is 7.09. The van der Waals surface area contributed by atoms with Gasteiger partial charge in [-0.25, -0.2) is 0 Å². The molecule has 0 spiro atoms. The van der Waals surface area contributed by atoms with Gasteiger partial charge in [-0.1, -0.05) is 17.7 Å². The van der Waals surface area contributed by atoms with Gasteiger partial charge in [0.25, 0.3) is 0 Å². The largest absolute Gasteiger partial charge is 0.507 e. The van der Waals surface area contributed by atoms with Crippen LogP contribution in [-0.4, -0.2) is 31.1 Å². The Labute approximate surface area is 134 Å². The van der Waals surface area contributed by atoms with E-state index < -0.39 is 0 Å². The second-order valence-electron chi connectivity index (χ2n) is 4.97. The molecule has 0 unspecified atom stereocenters. The number of aromatic hydroxyl groups is 1. The monoisotopic (exact) mass is 317 g/mol. The second-order valence-corrected chi connectivity index (χ2v) is 5.40. The number of rotatable bonds is 4. The zero-order valence-electron chi connectivity index (χ0n) is 12.0. The highest BCUT2D eigenvalue weighted by atomic mass is 35.5. The topological polar surface area (TPSA) is 51.1 Å². The lowest BCUT2D eigenvalue weighted by Crippen LogP contribution is -2.15. The summed E-state index contributed by atoms with van der Waals surface area (Å²) in [6.07, 6.45) is 2.42. The first kappa shape index (κ1) is 14.7. The molecule has 1 aliphatic rings. The summed E-state index contributed by atoms with van der Waals surface area (Å²) in [6.45, 7) is 1.80. The quantitative estimate of drug-likeness (QED) is 0.878. The SMILES string of the molecule is Oc1ccc(Cl)cc1C=NCCc1ccc2c(c1)OCCO2. The van der Waals surface area contributed by atoms with Crippen molar-refractivity contribution in [3.05, 3.63) is 52.5 Å². The van der Waals surface area contributed by atoms with Crippen molar-refractivity contribution in [2.75, 3.05) is 19.8 Å². The summed E-state index contributed by atoms with van der Waals surface area (Å²) in [5.74, 6) is 1.76. The summed E-state index contributed by atoms with van der Waals surface area (Å²) in [5, 5.41) is 10.3. The number of benzene rings is 2. The molecule has 114 valence electrons. The van der Waals surface area contributed by atoms with E-state index in [0.29, 0.717) is 30.3 Å². The lowest BCUT2D eigenvalue weighted by Gasteiger charge is -2.18. The number of phenolic OH excluding ortho intramolecular Hbond substituents is 1. The van der Waals surface area contributed by atoms with Crippen LogP contribution in [0.4, 0.5) is 0 Å². The number of aliphatic imine (C=N–C) groups is 1. The summed E-state index contributed by atoms with van der Waals surface area (Å²) < 4.78 is 11.0. The zero-order valence-corrected chi connectivity index (χ0v) is 12.7. The molecule has 3 rings (SSSR count). The van der Waals surface area contributed by atoms with Crippen molar-refractivity contribution in [1.82, 2.24) is 0 Å². The van der Waals surface area contributed by atoms with E-state index in [0.717, 1.165) is 23.5 Å². The number of hydrogen-bond donors (Lipinski definition) is 1. The fourth-order valence-electron chi connectivity index (χ4n) is 2.23. The molecule has 0 aromatic heterocycles. The predicted molar refractivity (Wildman–Crippen MR) is 86.7 cm³/mol. The number of nitrogens with zero attached hydrogens (tertiary/aromatic N) is 1. The van der Waals surface area contributed by atoms with Crippen LogP contribution in [0.1, 0.15) is 11.1 Å². The molecule has 0 atom stereocenters. The molecule has 22 heavy (non-hydrogen) atoms. The molecule has 0 saturated carbocycles. The van der Waals surface area contributed by atoms with E-state index in [9.17, 15) is 5.11 Å². The van der Waals surface area contributed by atoms with E-state index in [4.69, 9.17) is 21.1 Å². The van der Waals surface area contributed by atoms with Gasteiger partial charge in [0.05, 0.1) is 0 Å². The van der Waals surface area contributed by atoms with Gasteiger partial charge >= 0.3 is 0 Å². The highest BCUT2D eigenvalue weighted by molar-refractivity contribution is 6.30. The van der Waals surface area contributed by atoms with E-state index in [1.54, 1.807) is 24.4 Å². The Morgan fingerprint density at radius 3 is 2.77 bits per heavy atom. The molecule has 2 aromatic rings. The van der Waals surface area contributed by atoms with Crippen molar-refractivity contribution >= 4 is 17.8 Å². The molecule has 1 N–H and O–H groups in total. The second kappa shape index (κ2) is 6.71. The molecule has 0 fully saturated rings. The van der Waals surface area contributed by atoms with Crippen LogP contribution in [0.5, 0.6) is 17.2 Å². The Balaban J connectivity index is 1.61. The maximum absolute atomic E-state index is 9.70. The van der Waals surface area contributed by atoms with Gasteiger partial charge in [0.1, 0.15) is 19.0 Å². The highest BCUT2D eigenvalue weighted by Gasteiger charge is 2.11. The van der Waals surface area contributed by atoms with Gasteiger partial charge in [0, 0.05) is 23.3 Å². The fourth-order valence-corrected chi connectivity index (χ4v) is 2.41. The molecule has 0 aliphatic carbocycles. The molecule has 0 bridgehead atoms. The minimum absolute atomic E-state index is 0.174. The lowest BCUT2D eigenvalue weighted by atomic mass is 10.1. The molecule has 0 saturated heterocycles. The molecule has 4 nitrogen and oxygen atoms in total. The highest BCUT2D eigenvalue weighted by Crippen LogP contribution is 2.30. The van der Waals surface area contributed by atoms with Crippen LogP contribution in [0.15, 0.2) is 41.4 Å². The van der Waals surface area contributed by atoms with E-state index in [1.165, 1.54) is 0 Å². The standard InChI is InChI=1S/C17H16ClNO3/c18-14-2-3-15(20)13(10-14)11-19-6-5-12-1-4-16-17(9-12)22-8-7-21-16/h1-4,9-11,20H,5-8H2. The zero-order chi connectivity index (χ0) is 15.4. The Bertz CT molecular complexity index is 700. The van der Waals surface area contributed by atoms with Crippen LogP contribution in [-0.2, 0) is 6.42 Å². The van der Waals surface area contributed by atoms with Crippen LogP contribution in [0.2, 0.25) is 5.02 Å². The Kier molecular flexibility index (Phi) is 4.49. The van der Waals surface area contributed by atoms with Crippen molar-refractivity contribution < 1.29 is 14.6 Å². The number of phenols is 1. The lowest BCUT2D eigenvalue weighted by molar-refractivity contribution is 0.171. The third-order valence-electron chi connectivity index (χ3n) is 3.36. The molecular weight excluding hydrogens is 302 g/mol. The Morgan fingerprint density at radius 2 is 1.91 bits per heavy atom. The molecule has 2 aromatic carbocycles. The molecule has 0 amide bonds. The smallest absolute Gasteiger partial charge is 0.161 e. The van der Waals surface area contributed by atoms with E-state index in [1.807, 2.05) is 18.2 Å².